The molecular weight excluding hydrogens is 371 g/mol. The molecular formula is C20H16F3N3O2. The van der Waals surface area contributed by atoms with Crippen LogP contribution in [0, 0.1) is 0 Å². The molecule has 0 bridgehead atoms. The van der Waals surface area contributed by atoms with Gasteiger partial charge in [0, 0.05) is 18.0 Å². The first-order valence-electron chi connectivity index (χ1n) is 8.65. The van der Waals surface area contributed by atoms with Gasteiger partial charge in [0.1, 0.15) is 0 Å². The molecule has 1 aliphatic carbocycles. The number of carbonyl (C=O) groups is 1. The fourth-order valence-electron chi connectivity index (χ4n) is 3.19. The second-order valence-electron chi connectivity index (χ2n) is 6.82. The van der Waals surface area contributed by atoms with Gasteiger partial charge in [0.2, 0.25) is 5.91 Å². The predicted molar refractivity (Wildman–Crippen MR) is 97.4 cm³/mol. The van der Waals surface area contributed by atoms with E-state index in [0.717, 1.165) is 17.8 Å². The minimum absolute atomic E-state index is 0.218. The molecule has 144 valence electrons. The van der Waals surface area contributed by atoms with Gasteiger partial charge in [-0.25, -0.2) is 0 Å². The molecule has 0 aliphatic heterocycles. The smallest absolute Gasteiger partial charge is 0.325 e. The number of hydrogen-bond donors (Lipinski definition) is 2. The van der Waals surface area contributed by atoms with Crippen LogP contribution in [0.5, 0.6) is 0 Å². The van der Waals surface area contributed by atoms with E-state index in [1.807, 2.05) is 0 Å². The number of hydrogen-bond acceptors (Lipinski definition) is 2. The van der Waals surface area contributed by atoms with Gasteiger partial charge in [-0.1, -0.05) is 12.1 Å². The molecule has 1 heterocycles. The fraction of sp³-hybridized carbons (Fsp3) is 0.200. The Morgan fingerprint density at radius 1 is 1.00 bits per heavy atom. The van der Waals surface area contributed by atoms with E-state index in [0.29, 0.717) is 24.1 Å². The molecule has 5 nitrogen and oxygen atoms in total. The maximum absolute atomic E-state index is 12.8. The normalized spacial score (nSPS) is 15.2. The highest BCUT2D eigenvalue weighted by Crippen LogP contribution is 2.49. The van der Waals surface area contributed by atoms with Crippen molar-refractivity contribution >= 4 is 11.6 Å². The molecule has 1 amide bonds. The number of aromatic amines is 1. The summed E-state index contributed by atoms with van der Waals surface area (Å²) in [6, 6.07) is 13.1. The van der Waals surface area contributed by atoms with Crippen LogP contribution < -0.4 is 10.9 Å². The van der Waals surface area contributed by atoms with E-state index in [1.165, 1.54) is 18.2 Å². The summed E-state index contributed by atoms with van der Waals surface area (Å²) in [7, 11) is 0. The number of rotatable bonds is 4. The zero-order valence-electron chi connectivity index (χ0n) is 14.6. The molecule has 1 aliphatic rings. The molecule has 1 aromatic heterocycles. The average Bonchev–Trinajstić information content (AvgIpc) is 3.37. The van der Waals surface area contributed by atoms with Gasteiger partial charge in [-0.2, -0.15) is 13.2 Å². The maximum atomic E-state index is 12.8. The van der Waals surface area contributed by atoms with Crippen LogP contribution in [0.3, 0.4) is 0 Å². The summed E-state index contributed by atoms with van der Waals surface area (Å²) in [5.41, 5.74) is 0.148. The third kappa shape index (κ3) is 3.33. The van der Waals surface area contributed by atoms with Crippen LogP contribution in [0.2, 0.25) is 0 Å². The third-order valence-electron chi connectivity index (χ3n) is 4.96. The number of amides is 1. The Morgan fingerprint density at radius 3 is 2.14 bits per heavy atom. The molecule has 1 saturated carbocycles. The molecule has 3 aromatic rings. The molecule has 8 heteroatoms. The van der Waals surface area contributed by atoms with Gasteiger partial charge in [0.05, 0.1) is 16.7 Å². The number of aromatic nitrogens is 2. The van der Waals surface area contributed by atoms with Gasteiger partial charge < -0.3 is 5.32 Å². The summed E-state index contributed by atoms with van der Waals surface area (Å²) in [5, 5.41) is 5.45. The minimum atomic E-state index is -4.40. The van der Waals surface area contributed by atoms with Crippen LogP contribution in [0.25, 0.3) is 5.69 Å². The van der Waals surface area contributed by atoms with Gasteiger partial charge >= 0.3 is 6.18 Å². The van der Waals surface area contributed by atoms with Crippen LogP contribution in [-0.4, -0.2) is 15.7 Å². The van der Waals surface area contributed by atoms with Crippen molar-refractivity contribution in [1.82, 2.24) is 9.78 Å². The maximum Gasteiger partial charge on any atom is 0.416 e. The summed E-state index contributed by atoms with van der Waals surface area (Å²) >= 11 is 0. The van der Waals surface area contributed by atoms with Gasteiger partial charge in [-0.05, 0) is 54.8 Å². The number of nitrogens with one attached hydrogen (secondary N) is 2. The zero-order valence-corrected chi connectivity index (χ0v) is 14.6. The van der Waals surface area contributed by atoms with Crippen LogP contribution >= 0.6 is 0 Å². The van der Waals surface area contributed by atoms with Crippen molar-refractivity contribution < 1.29 is 18.0 Å². The summed E-state index contributed by atoms with van der Waals surface area (Å²) in [4.78, 5) is 24.0. The number of carbonyl (C=O) groups excluding carboxylic acids is 1. The Bertz CT molecular complexity index is 1060. The SMILES string of the molecule is O=C(Nc1ccc(-n2ccc(=O)[nH]2)cc1)C1(c2ccc(C(F)(F)F)cc2)CC1. The first kappa shape index (κ1) is 18.1. The van der Waals surface area contributed by atoms with Gasteiger partial charge in [-0.3, -0.25) is 19.4 Å². The number of nitrogens with zero attached hydrogens (tertiary/aromatic N) is 1. The number of alkyl halides is 3. The van der Waals surface area contributed by atoms with Crippen molar-refractivity contribution in [3.8, 4) is 5.69 Å². The van der Waals surface area contributed by atoms with Gasteiger partial charge in [0.25, 0.3) is 5.56 Å². The second kappa shape index (κ2) is 6.40. The molecule has 0 atom stereocenters. The van der Waals surface area contributed by atoms with Crippen LogP contribution in [0.1, 0.15) is 24.0 Å². The molecule has 0 unspecified atom stereocenters. The number of benzene rings is 2. The Kier molecular flexibility index (Phi) is 4.14. The highest BCUT2D eigenvalue weighted by Gasteiger charge is 2.51. The zero-order chi connectivity index (χ0) is 19.9. The van der Waals surface area contributed by atoms with E-state index in [4.69, 9.17) is 0 Å². The van der Waals surface area contributed by atoms with E-state index in [-0.39, 0.29) is 11.5 Å². The van der Waals surface area contributed by atoms with E-state index < -0.39 is 17.2 Å². The first-order valence-corrected chi connectivity index (χ1v) is 8.65. The van der Waals surface area contributed by atoms with Crippen LogP contribution in [-0.2, 0) is 16.4 Å². The second-order valence-corrected chi connectivity index (χ2v) is 6.82. The molecule has 2 N–H and O–H groups in total. The van der Waals surface area contributed by atoms with Crippen molar-refractivity contribution in [2.24, 2.45) is 0 Å². The standard InChI is InChI=1S/C20H16F3N3O2/c21-20(22,23)14-3-1-13(2-4-14)19(10-11-19)18(28)24-15-5-7-16(8-6-15)26-12-9-17(27)25-26/h1-9,12H,10-11H2,(H,24,28)(H,25,27). The van der Waals surface area contributed by atoms with Gasteiger partial charge in [-0.15, -0.1) is 0 Å². The molecule has 4 rings (SSSR count). The Morgan fingerprint density at radius 2 is 1.64 bits per heavy atom. The number of H-pyrrole nitrogens is 1. The quantitative estimate of drug-likeness (QED) is 0.714. The first-order chi connectivity index (χ1) is 13.3. The molecule has 1 fully saturated rings. The Balaban J connectivity index is 1.49. The molecule has 28 heavy (non-hydrogen) atoms. The van der Waals surface area contributed by atoms with Crippen molar-refractivity contribution in [1.29, 1.82) is 0 Å². The lowest BCUT2D eigenvalue weighted by atomic mass is 9.94. The molecule has 0 spiro atoms. The lowest BCUT2D eigenvalue weighted by molar-refractivity contribution is -0.137. The van der Waals surface area contributed by atoms with E-state index in [9.17, 15) is 22.8 Å². The number of anilines is 1. The van der Waals surface area contributed by atoms with Crippen molar-refractivity contribution in [2.45, 2.75) is 24.4 Å². The largest absolute Gasteiger partial charge is 0.416 e. The van der Waals surface area contributed by atoms with Crippen molar-refractivity contribution in [2.75, 3.05) is 5.32 Å². The number of halogens is 3. The lowest BCUT2D eigenvalue weighted by Crippen LogP contribution is -2.27. The monoisotopic (exact) mass is 387 g/mol. The molecule has 0 radical (unpaired) electrons. The average molecular weight is 387 g/mol. The van der Waals surface area contributed by atoms with E-state index >= 15 is 0 Å². The van der Waals surface area contributed by atoms with E-state index in [1.54, 1.807) is 35.1 Å². The molecule has 2 aromatic carbocycles. The summed E-state index contributed by atoms with van der Waals surface area (Å²) in [6.07, 6.45) is -1.62. The highest BCUT2D eigenvalue weighted by molar-refractivity contribution is 6.01. The highest BCUT2D eigenvalue weighted by atomic mass is 19.4. The lowest BCUT2D eigenvalue weighted by Gasteiger charge is -2.17. The third-order valence-corrected chi connectivity index (χ3v) is 4.96. The van der Waals surface area contributed by atoms with Crippen molar-refractivity contribution in [3.05, 3.63) is 82.3 Å². The predicted octanol–water partition coefficient (Wildman–Crippen LogP) is 3.85. The Labute approximate surface area is 157 Å². The van der Waals surface area contributed by atoms with Crippen molar-refractivity contribution in [3.63, 3.8) is 0 Å². The minimum Gasteiger partial charge on any atom is -0.325 e. The van der Waals surface area contributed by atoms with E-state index in [2.05, 4.69) is 10.4 Å². The summed E-state index contributed by atoms with van der Waals surface area (Å²) in [5.74, 6) is -0.241. The van der Waals surface area contributed by atoms with Crippen LogP contribution in [0.15, 0.2) is 65.6 Å². The topological polar surface area (TPSA) is 66.9 Å². The van der Waals surface area contributed by atoms with Gasteiger partial charge in [0.15, 0.2) is 0 Å². The Hall–Kier alpha value is -3.29. The summed E-state index contributed by atoms with van der Waals surface area (Å²) in [6.45, 7) is 0. The molecule has 0 saturated heterocycles. The fourth-order valence-corrected chi connectivity index (χ4v) is 3.19. The van der Waals surface area contributed by atoms with Crippen LogP contribution in [0.4, 0.5) is 18.9 Å². The summed E-state index contributed by atoms with van der Waals surface area (Å²) < 4.78 is 39.8.